The van der Waals surface area contributed by atoms with Crippen LogP contribution in [0.2, 0.25) is 0 Å². The first kappa shape index (κ1) is 18.8. The maximum Gasteiger partial charge on any atom is 0.323 e. The van der Waals surface area contributed by atoms with E-state index in [0.717, 1.165) is 22.2 Å². The normalized spacial score (nSPS) is 15.6. The highest BCUT2D eigenvalue weighted by Gasteiger charge is 2.33. The molecule has 1 amide bonds. The molecule has 0 saturated carbocycles. The predicted octanol–water partition coefficient (Wildman–Crippen LogP) is 3.45. The summed E-state index contributed by atoms with van der Waals surface area (Å²) in [4.78, 5) is 34.8. The van der Waals surface area contributed by atoms with Gasteiger partial charge in [-0.25, -0.2) is 0 Å². The lowest BCUT2D eigenvalue weighted by Crippen LogP contribution is -2.33. The molecule has 3 rings (SSSR count). The highest BCUT2D eigenvalue weighted by atomic mass is 32.2. The van der Waals surface area contributed by atoms with Crippen LogP contribution in [0.4, 0.5) is 5.69 Å². The second kappa shape index (κ2) is 7.33. The number of hydrogen-bond acceptors (Lipinski definition) is 7. The lowest BCUT2D eigenvalue weighted by atomic mass is 10.1. The lowest BCUT2D eigenvalue weighted by Gasteiger charge is -2.09. The molecule has 0 unspecified atom stereocenters. The zero-order chi connectivity index (χ0) is 19.7. The standard InChI is InChI=1S/C17H12N2O6S2/c1-9-2-3-10(19(23)24)6-12(9)13-5-4-11(25-13)7-14-16(22)18(8-15(20)21)17(26)27-14/h2-7H,8H2,1H3,(H,20,21). The molecule has 2 aromatic rings. The monoisotopic (exact) mass is 404 g/mol. The van der Waals surface area contributed by atoms with Crippen LogP contribution in [-0.4, -0.2) is 37.7 Å². The molecule has 1 fully saturated rings. The number of nitrogens with zero attached hydrogens (tertiary/aromatic N) is 2. The number of thioether (sulfide) groups is 1. The van der Waals surface area contributed by atoms with Gasteiger partial charge in [0, 0.05) is 23.8 Å². The summed E-state index contributed by atoms with van der Waals surface area (Å²) in [5.41, 5.74) is 1.32. The Labute approximate surface area is 162 Å². The van der Waals surface area contributed by atoms with Crippen LogP contribution in [0.1, 0.15) is 11.3 Å². The Kier molecular flexibility index (Phi) is 5.10. The molecule has 10 heteroatoms. The van der Waals surface area contributed by atoms with Crippen molar-refractivity contribution in [2.75, 3.05) is 6.54 Å². The summed E-state index contributed by atoms with van der Waals surface area (Å²) in [6.07, 6.45) is 1.47. The fourth-order valence-electron chi connectivity index (χ4n) is 2.46. The number of benzene rings is 1. The van der Waals surface area contributed by atoms with Crippen molar-refractivity contribution < 1.29 is 24.0 Å². The average molecular weight is 404 g/mol. The first-order chi connectivity index (χ1) is 12.8. The van der Waals surface area contributed by atoms with E-state index in [4.69, 9.17) is 21.7 Å². The molecule has 1 saturated heterocycles. The number of carbonyl (C=O) groups is 2. The molecule has 0 atom stereocenters. The molecule has 138 valence electrons. The Balaban J connectivity index is 1.89. The third-order valence-electron chi connectivity index (χ3n) is 3.76. The smallest absolute Gasteiger partial charge is 0.323 e. The van der Waals surface area contributed by atoms with E-state index in [9.17, 15) is 19.7 Å². The van der Waals surface area contributed by atoms with Gasteiger partial charge in [0.2, 0.25) is 0 Å². The Morgan fingerprint density at radius 1 is 1.41 bits per heavy atom. The second-order valence-electron chi connectivity index (χ2n) is 5.62. The van der Waals surface area contributed by atoms with Crippen molar-refractivity contribution in [1.82, 2.24) is 4.90 Å². The molecule has 0 bridgehead atoms. The van der Waals surface area contributed by atoms with Gasteiger partial charge in [0.05, 0.1) is 9.83 Å². The van der Waals surface area contributed by atoms with Crippen molar-refractivity contribution >= 4 is 51.9 Å². The van der Waals surface area contributed by atoms with E-state index in [1.54, 1.807) is 25.1 Å². The molecule has 1 aromatic heterocycles. The van der Waals surface area contributed by atoms with Crippen molar-refractivity contribution in [3.05, 3.63) is 56.7 Å². The minimum atomic E-state index is -1.16. The number of non-ortho nitro benzene ring substituents is 1. The topological polar surface area (TPSA) is 114 Å². The van der Waals surface area contributed by atoms with E-state index in [-0.39, 0.29) is 14.9 Å². The number of nitro groups is 1. The van der Waals surface area contributed by atoms with Gasteiger partial charge in [-0.15, -0.1) is 0 Å². The summed E-state index contributed by atoms with van der Waals surface area (Å²) in [5.74, 6) is -0.888. The number of furan rings is 1. The molecule has 27 heavy (non-hydrogen) atoms. The summed E-state index contributed by atoms with van der Waals surface area (Å²) in [7, 11) is 0. The molecule has 1 aliphatic rings. The van der Waals surface area contributed by atoms with E-state index in [1.165, 1.54) is 18.2 Å². The molecule has 0 radical (unpaired) electrons. The number of rotatable bonds is 5. The minimum Gasteiger partial charge on any atom is -0.480 e. The van der Waals surface area contributed by atoms with Gasteiger partial charge in [0.1, 0.15) is 22.4 Å². The van der Waals surface area contributed by atoms with Gasteiger partial charge in [-0.05, 0) is 24.6 Å². The summed E-state index contributed by atoms with van der Waals surface area (Å²) >= 11 is 6.03. The van der Waals surface area contributed by atoms with E-state index < -0.39 is 23.3 Å². The third-order valence-corrected chi connectivity index (χ3v) is 5.14. The minimum absolute atomic E-state index is 0.0527. The van der Waals surface area contributed by atoms with Crippen molar-refractivity contribution in [2.45, 2.75) is 6.92 Å². The molecule has 1 N–H and O–H groups in total. The number of hydrogen-bond donors (Lipinski definition) is 1. The summed E-state index contributed by atoms with van der Waals surface area (Å²) < 4.78 is 5.87. The Morgan fingerprint density at radius 3 is 2.81 bits per heavy atom. The average Bonchev–Trinajstić information content (AvgIpc) is 3.15. The first-order valence-electron chi connectivity index (χ1n) is 7.58. The quantitative estimate of drug-likeness (QED) is 0.349. The predicted molar refractivity (Wildman–Crippen MR) is 103 cm³/mol. The number of carboxylic acids is 1. The van der Waals surface area contributed by atoms with Crippen molar-refractivity contribution in [3.63, 3.8) is 0 Å². The maximum absolute atomic E-state index is 12.3. The van der Waals surface area contributed by atoms with Crippen molar-refractivity contribution in [3.8, 4) is 11.3 Å². The van der Waals surface area contributed by atoms with Gasteiger partial charge in [-0.2, -0.15) is 0 Å². The van der Waals surface area contributed by atoms with Gasteiger partial charge in [0.15, 0.2) is 0 Å². The summed E-state index contributed by atoms with van der Waals surface area (Å²) in [6.45, 7) is 1.30. The van der Waals surface area contributed by atoms with Crippen molar-refractivity contribution in [1.29, 1.82) is 0 Å². The van der Waals surface area contributed by atoms with Crippen LogP contribution in [0.5, 0.6) is 0 Å². The van der Waals surface area contributed by atoms with E-state index in [0.29, 0.717) is 17.1 Å². The second-order valence-corrected chi connectivity index (χ2v) is 7.30. The molecule has 1 aliphatic heterocycles. The largest absolute Gasteiger partial charge is 0.480 e. The zero-order valence-electron chi connectivity index (χ0n) is 13.9. The fraction of sp³-hybridized carbons (Fsp3) is 0.118. The lowest BCUT2D eigenvalue weighted by molar-refractivity contribution is -0.384. The first-order valence-corrected chi connectivity index (χ1v) is 8.81. The van der Waals surface area contributed by atoms with Crippen LogP contribution < -0.4 is 0 Å². The SMILES string of the molecule is Cc1ccc([N+](=O)[O-])cc1-c1ccc(C=C2SC(=S)N(CC(=O)O)C2=O)o1. The van der Waals surface area contributed by atoms with Gasteiger partial charge >= 0.3 is 5.97 Å². The molecule has 1 aromatic carbocycles. The van der Waals surface area contributed by atoms with E-state index >= 15 is 0 Å². The molecular formula is C17H12N2O6S2. The number of carboxylic acid groups (broad SMARTS) is 1. The van der Waals surface area contributed by atoms with E-state index in [1.807, 2.05) is 0 Å². The Morgan fingerprint density at radius 2 is 2.15 bits per heavy atom. The highest BCUT2D eigenvalue weighted by Crippen LogP contribution is 2.34. The Hall–Kier alpha value is -2.98. The number of carbonyl (C=O) groups excluding carboxylic acids is 1. The summed E-state index contributed by atoms with van der Waals surface area (Å²) in [6, 6.07) is 7.74. The number of aliphatic carboxylic acids is 1. The number of amides is 1. The van der Waals surface area contributed by atoms with Crippen LogP contribution in [0.15, 0.2) is 39.7 Å². The maximum atomic E-state index is 12.3. The van der Waals surface area contributed by atoms with Crippen LogP contribution in [0.25, 0.3) is 17.4 Å². The fourth-order valence-corrected chi connectivity index (χ4v) is 3.70. The molecule has 0 spiro atoms. The van der Waals surface area contributed by atoms with E-state index in [2.05, 4.69) is 0 Å². The number of nitro benzene ring substituents is 1. The summed E-state index contributed by atoms with van der Waals surface area (Å²) in [5, 5.41) is 19.8. The van der Waals surface area contributed by atoms with Gasteiger partial charge in [-0.3, -0.25) is 24.6 Å². The zero-order valence-corrected chi connectivity index (χ0v) is 15.5. The van der Waals surface area contributed by atoms with Crippen LogP contribution in [0.3, 0.4) is 0 Å². The molecule has 8 nitrogen and oxygen atoms in total. The van der Waals surface area contributed by atoms with Gasteiger partial charge in [-0.1, -0.05) is 30.0 Å². The van der Waals surface area contributed by atoms with Gasteiger partial charge in [0.25, 0.3) is 11.6 Å². The van der Waals surface area contributed by atoms with Gasteiger partial charge < -0.3 is 9.52 Å². The highest BCUT2D eigenvalue weighted by molar-refractivity contribution is 8.26. The molecular weight excluding hydrogens is 392 g/mol. The third kappa shape index (κ3) is 3.91. The van der Waals surface area contributed by atoms with Crippen LogP contribution >= 0.6 is 24.0 Å². The molecule has 2 heterocycles. The van der Waals surface area contributed by atoms with Crippen LogP contribution in [-0.2, 0) is 9.59 Å². The molecule has 0 aliphatic carbocycles. The number of aryl methyl sites for hydroxylation is 1. The van der Waals surface area contributed by atoms with Crippen molar-refractivity contribution in [2.24, 2.45) is 0 Å². The van der Waals surface area contributed by atoms with Crippen LogP contribution in [0, 0.1) is 17.0 Å². The Bertz CT molecular complexity index is 1010. The number of thiocarbonyl (C=S) groups is 1.